The van der Waals surface area contributed by atoms with Crippen LogP contribution in [0, 0.1) is 0 Å². The lowest BCUT2D eigenvalue weighted by Gasteiger charge is -2.25. The minimum atomic E-state index is -3.97. The normalized spacial score (nSPS) is 11.1. The number of benzene rings is 3. The van der Waals surface area contributed by atoms with Crippen LogP contribution in [0.3, 0.4) is 0 Å². The van der Waals surface area contributed by atoms with E-state index in [1.807, 2.05) is 39.0 Å². The zero-order chi connectivity index (χ0) is 23.8. The maximum Gasteiger partial charge on any atom is 0.264 e. The van der Waals surface area contributed by atoms with Crippen LogP contribution in [0.4, 0.5) is 11.4 Å². The number of hydrogen-bond donors (Lipinski definition) is 1. The van der Waals surface area contributed by atoms with Gasteiger partial charge in [-0.25, -0.2) is 8.42 Å². The van der Waals surface area contributed by atoms with Gasteiger partial charge in [-0.1, -0.05) is 50.2 Å². The van der Waals surface area contributed by atoms with E-state index >= 15 is 0 Å². The quantitative estimate of drug-likeness (QED) is 0.454. The van der Waals surface area contributed by atoms with E-state index in [2.05, 4.69) is 5.32 Å². The molecule has 0 fully saturated rings. The molecule has 6 nitrogen and oxygen atoms in total. The molecule has 0 aliphatic rings. The predicted octanol–water partition coefficient (Wildman–Crippen LogP) is 5.04. The fraction of sp³-hybridized carbons (Fsp3) is 0.269. The van der Waals surface area contributed by atoms with Crippen molar-refractivity contribution < 1.29 is 17.9 Å². The summed E-state index contributed by atoms with van der Waals surface area (Å²) in [6.45, 7) is 6.08. The maximum absolute atomic E-state index is 13.5. The standard InChI is InChI=1S/C26H30N2O4S/c1-4-20-11-10-12-21(5-2)26(20)27-25(29)19-28(22-15-17-23(18-16-22)32-6-3)33(30,31)24-13-8-7-9-14-24/h7-18H,4-6,19H2,1-3H3,(H,27,29). The Balaban J connectivity index is 1.96. The average molecular weight is 467 g/mol. The number of carbonyl (C=O) groups is 1. The Morgan fingerprint density at radius 1 is 0.848 bits per heavy atom. The largest absolute Gasteiger partial charge is 0.494 e. The van der Waals surface area contributed by atoms with E-state index in [1.54, 1.807) is 42.5 Å². The Morgan fingerprint density at radius 2 is 1.45 bits per heavy atom. The number of rotatable bonds is 10. The molecule has 174 valence electrons. The van der Waals surface area contributed by atoms with Crippen LogP contribution in [0.5, 0.6) is 5.75 Å². The van der Waals surface area contributed by atoms with Crippen LogP contribution in [0.25, 0.3) is 0 Å². The fourth-order valence-corrected chi connectivity index (χ4v) is 5.06. The average Bonchev–Trinajstić information content (AvgIpc) is 2.84. The van der Waals surface area contributed by atoms with Gasteiger partial charge < -0.3 is 10.1 Å². The van der Waals surface area contributed by atoms with Crippen molar-refractivity contribution in [3.05, 3.63) is 83.9 Å². The van der Waals surface area contributed by atoms with Crippen LogP contribution < -0.4 is 14.4 Å². The zero-order valence-corrected chi connectivity index (χ0v) is 20.1. The minimum Gasteiger partial charge on any atom is -0.494 e. The molecular weight excluding hydrogens is 436 g/mol. The third-order valence-electron chi connectivity index (χ3n) is 5.32. The van der Waals surface area contributed by atoms with E-state index in [0.29, 0.717) is 18.0 Å². The minimum absolute atomic E-state index is 0.120. The summed E-state index contributed by atoms with van der Waals surface area (Å²) in [7, 11) is -3.97. The number of para-hydroxylation sites is 1. The van der Waals surface area contributed by atoms with Crippen molar-refractivity contribution in [3.8, 4) is 5.75 Å². The van der Waals surface area contributed by atoms with Crippen LogP contribution in [0.1, 0.15) is 31.9 Å². The number of ether oxygens (including phenoxy) is 1. The summed E-state index contributed by atoms with van der Waals surface area (Å²) in [4.78, 5) is 13.3. The topological polar surface area (TPSA) is 75.7 Å². The second-order valence-corrected chi connectivity index (χ2v) is 9.32. The van der Waals surface area contributed by atoms with Crippen molar-refractivity contribution in [2.75, 3.05) is 22.8 Å². The van der Waals surface area contributed by atoms with Gasteiger partial charge in [0, 0.05) is 5.69 Å². The highest BCUT2D eigenvalue weighted by atomic mass is 32.2. The first-order valence-corrected chi connectivity index (χ1v) is 12.6. The van der Waals surface area contributed by atoms with Gasteiger partial charge in [0.15, 0.2) is 0 Å². The number of anilines is 2. The third-order valence-corrected chi connectivity index (χ3v) is 7.11. The summed E-state index contributed by atoms with van der Waals surface area (Å²) in [5.41, 5.74) is 3.18. The van der Waals surface area contributed by atoms with E-state index in [4.69, 9.17) is 4.74 Å². The predicted molar refractivity (Wildman–Crippen MR) is 132 cm³/mol. The van der Waals surface area contributed by atoms with Crippen LogP contribution in [0.2, 0.25) is 0 Å². The van der Waals surface area contributed by atoms with Gasteiger partial charge in [0.25, 0.3) is 10.0 Å². The highest BCUT2D eigenvalue weighted by Crippen LogP contribution is 2.27. The molecule has 7 heteroatoms. The van der Waals surface area contributed by atoms with E-state index < -0.39 is 15.9 Å². The van der Waals surface area contributed by atoms with Gasteiger partial charge in [-0.05, 0) is 67.3 Å². The van der Waals surface area contributed by atoms with Crippen molar-refractivity contribution >= 4 is 27.3 Å². The molecule has 0 bridgehead atoms. The zero-order valence-electron chi connectivity index (χ0n) is 19.2. The molecule has 0 atom stereocenters. The molecule has 0 aliphatic carbocycles. The molecule has 1 N–H and O–H groups in total. The van der Waals surface area contributed by atoms with Gasteiger partial charge in [0.05, 0.1) is 17.2 Å². The Labute approximate surface area is 196 Å². The van der Waals surface area contributed by atoms with Gasteiger partial charge in [-0.15, -0.1) is 0 Å². The first-order chi connectivity index (χ1) is 15.9. The van der Waals surface area contributed by atoms with E-state index in [1.165, 1.54) is 12.1 Å². The summed E-state index contributed by atoms with van der Waals surface area (Å²) < 4.78 is 33.6. The first-order valence-electron chi connectivity index (χ1n) is 11.1. The van der Waals surface area contributed by atoms with E-state index in [0.717, 1.165) is 34.0 Å². The second-order valence-electron chi connectivity index (χ2n) is 7.46. The first kappa shape index (κ1) is 24.3. The SMILES string of the molecule is CCOc1ccc(N(CC(=O)Nc2c(CC)cccc2CC)S(=O)(=O)c2ccccc2)cc1. The highest BCUT2D eigenvalue weighted by Gasteiger charge is 2.27. The van der Waals surface area contributed by atoms with Gasteiger partial charge in [-0.2, -0.15) is 0 Å². The number of carbonyl (C=O) groups excluding carboxylic acids is 1. The van der Waals surface area contributed by atoms with Crippen molar-refractivity contribution in [2.24, 2.45) is 0 Å². The molecule has 1 amide bonds. The lowest BCUT2D eigenvalue weighted by Crippen LogP contribution is -2.38. The molecule has 0 radical (unpaired) electrons. The number of hydrogen-bond acceptors (Lipinski definition) is 4. The third kappa shape index (κ3) is 5.73. The van der Waals surface area contributed by atoms with Gasteiger partial charge in [-0.3, -0.25) is 9.10 Å². The molecule has 3 rings (SSSR count). The highest BCUT2D eigenvalue weighted by molar-refractivity contribution is 7.92. The lowest BCUT2D eigenvalue weighted by atomic mass is 10.0. The monoisotopic (exact) mass is 466 g/mol. The molecule has 0 saturated heterocycles. The van der Waals surface area contributed by atoms with Crippen LogP contribution >= 0.6 is 0 Å². The number of aryl methyl sites for hydroxylation is 2. The van der Waals surface area contributed by atoms with Crippen molar-refractivity contribution in [2.45, 2.75) is 38.5 Å². The summed E-state index contributed by atoms with van der Waals surface area (Å²) in [6, 6.07) is 20.7. The summed E-state index contributed by atoms with van der Waals surface area (Å²) in [5.74, 6) is 0.228. The second kappa shape index (κ2) is 11.0. The Hall–Kier alpha value is -3.32. The number of amides is 1. The van der Waals surface area contributed by atoms with Crippen LogP contribution in [0.15, 0.2) is 77.7 Å². The van der Waals surface area contributed by atoms with Gasteiger partial charge in [0.2, 0.25) is 5.91 Å². The summed E-state index contributed by atoms with van der Waals surface area (Å²) in [5, 5.41) is 2.97. The van der Waals surface area contributed by atoms with Gasteiger partial charge in [0.1, 0.15) is 12.3 Å². The fourth-order valence-electron chi connectivity index (χ4n) is 3.62. The molecule has 3 aromatic carbocycles. The Morgan fingerprint density at radius 3 is 2.00 bits per heavy atom. The summed E-state index contributed by atoms with van der Waals surface area (Å²) >= 11 is 0. The maximum atomic E-state index is 13.5. The molecule has 33 heavy (non-hydrogen) atoms. The number of sulfonamides is 1. The van der Waals surface area contributed by atoms with Crippen molar-refractivity contribution in [3.63, 3.8) is 0 Å². The van der Waals surface area contributed by atoms with Crippen molar-refractivity contribution in [1.29, 1.82) is 0 Å². The molecule has 0 spiro atoms. The van der Waals surface area contributed by atoms with E-state index in [9.17, 15) is 13.2 Å². The molecule has 0 heterocycles. The smallest absolute Gasteiger partial charge is 0.264 e. The molecule has 0 saturated carbocycles. The number of nitrogens with zero attached hydrogens (tertiary/aromatic N) is 1. The van der Waals surface area contributed by atoms with Crippen LogP contribution in [-0.2, 0) is 27.7 Å². The summed E-state index contributed by atoms with van der Waals surface area (Å²) in [6.07, 6.45) is 1.52. The Bertz CT molecular complexity index is 1150. The molecule has 0 unspecified atom stereocenters. The van der Waals surface area contributed by atoms with Gasteiger partial charge >= 0.3 is 0 Å². The molecule has 0 aromatic heterocycles. The van der Waals surface area contributed by atoms with E-state index in [-0.39, 0.29) is 11.4 Å². The van der Waals surface area contributed by atoms with Crippen molar-refractivity contribution in [1.82, 2.24) is 0 Å². The lowest BCUT2D eigenvalue weighted by molar-refractivity contribution is -0.114. The Kier molecular flexibility index (Phi) is 8.11. The van der Waals surface area contributed by atoms with Crippen LogP contribution in [-0.4, -0.2) is 27.5 Å². The number of nitrogens with one attached hydrogen (secondary N) is 1. The molecular formula is C26H30N2O4S. The molecule has 3 aromatic rings. The molecule has 0 aliphatic heterocycles.